The van der Waals surface area contributed by atoms with E-state index in [2.05, 4.69) is 6.92 Å². The van der Waals surface area contributed by atoms with Crippen LogP contribution < -0.4 is 0 Å². The van der Waals surface area contributed by atoms with Gasteiger partial charge in [0.05, 0.1) is 18.9 Å². The number of fused-ring (bicyclic) bond motifs is 5. The number of allylic oxidation sites excluding steroid dienone is 1. The van der Waals surface area contributed by atoms with Gasteiger partial charge in [0.15, 0.2) is 12.4 Å². The number of aliphatic hydroxyl groups is 2. The van der Waals surface area contributed by atoms with Crippen molar-refractivity contribution in [2.45, 2.75) is 89.9 Å². The first-order valence-electron chi connectivity index (χ1n) is 14.5. The molecule has 0 spiro atoms. The van der Waals surface area contributed by atoms with Crippen molar-refractivity contribution in [3.8, 4) is 0 Å². The highest BCUT2D eigenvalue weighted by atomic mass is 16.5. The van der Waals surface area contributed by atoms with Crippen LogP contribution in [0.15, 0.2) is 42.0 Å². The van der Waals surface area contributed by atoms with Gasteiger partial charge < -0.3 is 19.7 Å². The van der Waals surface area contributed by atoms with Gasteiger partial charge >= 0.3 is 11.9 Å². The number of Topliss-reactive ketones (excluding diaryl/α,β-unsaturated/α-hetero) is 1. The van der Waals surface area contributed by atoms with Crippen molar-refractivity contribution < 1.29 is 38.9 Å². The Hall–Kier alpha value is -2.84. The monoisotopic (exact) mass is 552 g/mol. The smallest absolute Gasteiger partial charge is 0.306 e. The standard InChI is InChI=1S/C32H40O8/c1-30-14-12-22(33)16-21(30)8-9-23-24-13-15-32(38,31(24,2)17-25(34)29(23)30)26(35)19-40-28(37)11-10-27(36)39-18-20-6-4-3-5-7-20/h3-7,16,23-25,29,34,38H,8-15,17-19H2,1-2H3/t23-,24?,25-,29?,30-,31-,32-/m0/s1. The van der Waals surface area contributed by atoms with Crippen LogP contribution in [0.4, 0.5) is 0 Å². The molecule has 0 amide bonds. The third-order valence-corrected chi connectivity index (χ3v) is 10.6. The summed E-state index contributed by atoms with van der Waals surface area (Å²) in [5, 5.41) is 23.3. The number of carbonyl (C=O) groups excluding carboxylic acids is 4. The quantitative estimate of drug-likeness (QED) is 0.466. The number of hydrogen-bond acceptors (Lipinski definition) is 8. The van der Waals surface area contributed by atoms with Gasteiger partial charge in [0.1, 0.15) is 12.2 Å². The molecule has 0 bridgehead atoms. The van der Waals surface area contributed by atoms with Crippen LogP contribution in [-0.2, 0) is 35.3 Å². The van der Waals surface area contributed by atoms with E-state index < -0.39 is 41.4 Å². The number of carbonyl (C=O) groups is 4. The molecule has 0 radical (unpaired) electrons. The lowest BCUT2D eigenvalue weighted by Gasteiger charge is -2.60. The van der Waals surface area contributed by atoms with Crippen LogP contribution in [0.2, 0.25) is 0 Å². The first-order chi connectivity index (χ1) is 19.0. The van der Waals surface area contributed by atoms with Crippen molar-refractivity contribution >= 4 is 23.5 Å². The average Bonchev–Trinajstić information content (AvgIpc) is 3.20. The molecule has 40 heavy (non-hydrogen) atoms. The van der Waals surface area contributed by atoms with E-state index in [1.807, 2.05) is 37.3 Å². The summed E-state index contributed by atoms with van der Waals surface area (Å²) in [6, 6.07) is 9.21. The second-order valence-corrected chi connectivity index (χ2v) is 12.7. The van der Waals surface area contributed by atoms with Crippen molar-refractivity contribution in [3.63, 3.8) is 0 Å². The minimum absolute atomic E-state index is 0.0180. The van der Waals surface area contributed by atoms with E-state index >= 15 is 0 Å². The Balaban J connectivity index is 1.18. The normalized spacial score (nSPS) is 36.5. The zero-order valence-electron chi connectivity index (χ0n) is 23.4. The van der Waals surface area contributed by atoms with Gasteiger partial charge in [-0.1, -0.05) is 49.8 Å². The Labute approximate surface area is 235 Å². The van der Waals surface area contributed by atoms with Gasteiger partial charge in [0.25, 0.3) is 0 Å². The van der Waals surface area contributed by atoms with Gasteiger partial charge in [-0.25, -0.2) is 0 Å². The summed E-state index contributed by atoms with van der Waals surface area (Å²) in [7, 11) is 0. The average molecular weight is 553 g/mol. The number of rotatable bonds is 8. The summed E-state index contributed by atoms with van der Waals surface area (Å²) < 4.78 is 10.4. The second kappa shape index (κ2) is 10.9. The van der Waals surface area contributed by atoms with Crippen LogP contribution in [0.5, 0.6) is 0 Å². The molecule has 1 aromatic rings. The van der Waals surface area contributed by atoms with Crippen LogP contribution in [0.3, 0.4) is 0 Å². The number of benzene rings is 1. The van der Waals surface area contributed by atoms with E-state index in [4.69, 9.17) is 9.47 Å². The molecule has 0 aliphatic heterocycles. The summed E-state index contributed by atoms with van der Waals surface area (Å²) in [6.07, 6.45) is 4.68. The Bertz CT molecular complexity index is 1210. The molecule has 7 atom stereocenters. The highest BCUT2D eigenvalue weighted by molar-refractivity contribution is 5.92. The topological polar surface area (TPSA) is 127 Å². The molecule has 0 aromatic heterocycles. The Morgan fingerprint density at radius 2 is 1.68 bits per heavy atom. The fourth-order valence-corrected chi connectivity index (χ4v) is 8.50. The van der Waals surface area contributed by atoms with E-state index in [1.54, 1.807) is 6.08 Å². The molecule has 2 N–H and O–H groups in total. The van der Waals surface area contributed by atoms with Crippen LogP contribution in [-0.4, -0.2) is 52.0 Å². The maximum absolute atomic E-state index is 13.4. The van der Waals surface area contributed by atoms with Gasteiger partial charge in [-0.15, -0.1) is 0 Å². The molecule has 3 fully saturated rings. The maximum Gasteiger partial charge on any atom is 0.306 e. The molecule has 1 aromatic carbocycles. The fourth-order valence-electron chi connectivity index (χ4n) is 8.50. The highest BCUT2D eigenvalue weighted by Gasteiger charge is 2.68. The summed E-state index contributed by atoms with van der Waals surface area (Å²) >= 11 is 0. The van der Waals surface area contributed by atoms with Crippen molar-refractivity contribution in [1.82, 2.24) is 0 Å². The van der Waals surface area contributed by atoms with Gasteiger partial charge in [-0.05, 0) is 73.3 Å². The Morgan fingerprint density at radius 3 is 2.40 bits per heavy atom. The Kier molecular flexibility index (Phi) is 7.79. The first-order valence-corrected chi connectivity index (χ1v) is 14.5. The van der Waals surface area contributed by atoms with Crippen molar-refractivity contribution in [1.29, 1.82) is 0 Å². The van der Waals surface area contributed by atoms with Crippen molar-refractivity contribution in [2.24, 2.45) is 28.6 Å². The molecule has 8 nitrogen and oxygen atoms in total. The minimum atomic E-state index is -1.71. The van der Waals surface area contributed by atoms with Gasteiger partial charge in [-0.3, -0.25) is 19.2 Å². The van der Waals surface area contributed by atoms with E-state index in [-0.39, 0.29) is 61.2 Å². The van der Waals surface area contributed by atoms with Crippen LogP contribution in [0, 0.1) is 28.6 Å². The third-order valence-electron chi connectivity index (χ3n) is 10.6. The molecule has 5 rings (SSSR count). The van der Waals surface area contributed by atoms with Gasteiger partial charge in [0.2, 0.25) is 5.78 Å². The van der Waals surface area contributed by atoms with Gasteiger partial charge in [-0.2, -0.15) is 0 Å². The third kappa shape index (κ3) is 4.94. The summed E-state index contributed by atoms with van der Waals surface area (Å²) in [6.45, 7) is 3.60. The minimum Gasteiger partial charge on any atom is -0.461 e. The van der Waals surface area contributed by atoms with E-state index in [0.29, 0.717) is 12.8 Å². The summed E-state index contributed by atoms with van der Waals surface area (Å²) in [5.41, 5.74) is -0.834. The number of esters is 2. The maximum atomic E-state index is 13.4. The van der Waals surface area contributed by atoms with Crippen molar-refractivity contribution in [2.75, 3.05) is 6.61 Å². The van der Waals surface area contributed by atoms with E-state index in [1.165, 1.54) is 0 Å². The highest BCUT2D eigenvalue weighted by Crippen LogP contribution is 2.67. The predicted molar refractivity (Wildman–Crippen MR) is 144 cm³/mol. The molecular formula is C32H40O8. The van der Waals surface area contributed by atoms with Crippen LogP contribution in [0.1, 0.15) is 77.2 Å². The van der Waals surface area contributed by atoms with Gasteiger partial charge in [0, 0.05) is 11.8 Å². The fraction of sp³-hybridized carbons (Fsp3) is 0.625. The lowest BCUT2D eigenvalue weighted by atomic mass is 9.45. The zero-order valence-corrected chi connectivity index (χ0v) is 23.4. The molecule has 3 saturated carbocycles. The van der Waals surface area contributed by atoms with Crippen LogP contribution >= 0.6 is 0 Å². The summed E-state index contributed by atoms with van der Waals surface area (Å²) in [4.78, 5) is 49.8. The molecule has 216 valence electrons. The number of ketones is 2. The molecule has 4 aliphatic carbocycles. The second-order valence-electron chi connectivity index (χ2n) is 12.7. The molecule has 4 aliphatic rings. The SMILES string of the molecule is C[C@]12CCC(=O)C=C1CC[C@@H]1C2[C@@H](O)C[C@@]2(C)C1CC[C@]2(O)C(=O)COC(=O)CCC(=O)OCc1ccccc1. The molecule has 0 heterocycles. The molecular weight excluding hydrogens is 512 g/mol. The largest absolute Gasteiger partial charge is 0.461 e. The molecule has 0 saturated heterocycles. The van der Waals surface area contributed by atoms with E-state index in [0.717, 1.165) is 30.4 Å². The predicted octanol–water partition coefficient (Wildman–Crippen LogP) is 3.86. The van der Waals surface area contributed by atoms with E-state index in [9.17, 15) is 29.4 Å². The first kappa shape index (κ1) is 28.7. The lowest BCUT2D eigenvalue weighted by Crippen LogP contribution is -2.62. The number of hydrogen-bond donors (Lipinski definition) is 2. The molecule has 2 unspecified atom stereocenters. The summed E-state index contributed by atoms with van der Waals surface area (Å²) in [5.74, 6) is -1.49. The number of aliphatic hydroxyl groups excluding tert-OH is 1. The molecule has 8 heteroatoms. The number of ether oxygens (including phenoxy) is 2. The Morgan fingerprint density at radius 1 is 0.975 bits per heavy atom. The lowest BCUT2D eigenvalue weighted by molar-refractivity contribution is -0.184. The zero-order chi connectivity index (χ0) is 28.7. The van der Waals surface area contributed by atoms with Crippen molar-refractivity contribution in [3.05, 3.63) is 47.5 Å². The van der Waals surface area contributed by atoms with Crippen LogP contribution in [0.25, 0.3) is 0 Å².